The van der Waals surface area contributed by atoms with Gasteiger partial charge in [-0.2, -0.15) is 4.98 Å². The summed E-state index contributed by atoms with van der Waals surface area (Å²) in [6.45, 7) is 7.47. The Morgan fingerprint density at radius 2 is 2.15 bits per heavy atom. The van der Waals surface area contributed by atoms with E-state index in [0.29, 0.717) is 24.6 Å². The largest absolute Gasteiger partial charge is 0.465 e. The van der Waals surface area contributed by atoms with E-state index >= 15 is 0 Å². The van der Waals surface area contributed by atoms with Gasteiger partial charge in [0.1, 0.15) is 28.5 Å². The molecule has 1 aliphatic rings. The maximum absolute atomic E-state index is 12.7. The molecule has 0 aromatic carbocycles. The number of aromatic nitrogens is 3. The Bertz CT molecular complexity index is 977. The van der Waals surface area contributed by atoms with Crippen molar-refractivity contribution < 1.29 is 13.7 Å². The highest BCUT2D eigenvalue weighted by atomic mass is 16.5. The molecular formula is C19H23N5O3. The second kappa shape index (κ2) is 7.02. The van der Waals surface area contributed by atoms with Crippen LogP contribution in [-0.4, -0.2) is 34.1 Å². The van der Waals surface area contributed by atoms with Crippen molar-refractivity contribution >= 4 is 22.8 Å². The number of furan rings is 1. The maximum atomic E-state index is 12.7. The van der Waals surface area contributed by atoms with Crippen molar-refractivity contribution in [3.63, 3.8) is 0 Å². The van der Waals surface area contributed by atoms with E-state index in [4.69, 9.17) is 8.94 Å². The lowest BCUT2D eigenvalue weighted by molar-refractivity contribution is -0.125. The first-order chi connectivity index (χ1) is 13.0. The highest BCUT2D eigenvalue weighted by Crippen LogP contribution is 2.30. The molecule has 1 fully saturated rings. The Morgan fingerprint density at radius 3 is 2.93 bits per heavy atom. The number of carbonyl (C=O) groups is 1. The van der Waals surface area contributed by atoms with Crippen LogP contribution >= 0.6 is 0 Å². The van der Waals surface area contributed by atoms with Crippen LogP contribution in [0.15, 0.2) is 21.1 Å². The zero-order valence-electron chi connectivity index (χ0n) is 15.8. The Morgan fingerprint density at radius 1 is 1.30 bits per heavy atom. The molecule has 8 heteroatoms. The van der Waals surface area contributed by atoms with Gasteiger partial charge in [-0.15, -0.1) is 0 Å². The monoisotopic (exact) mass is 369 g/mol. The van der Waals surface area contributed by atoms with Crippen molar-refractivity contribution in [2.45, 2.75) is 40.2 Å². The molecule has 1 aliphatic heterocycles. The Kier molecular flexibility index (Phi) is 4.55. The minimum Gasteiger partial charge on any atom is -0.465 e. The van der Waals surface area contributed by atoms with Gasteiger partial charge < -0.3 is 19.2 Å². The van der Waals surface area contributed by atoms with E-state index in [1.807, 2.05) is 32.9 Å². The first-order valence-corrected chi connectivity index (χ1v) is 9.20. The molecule has 0 bridgehead atoms. The molecule has 0 unspecified atom stereocenters. The summed E-state index contributed by atoms with van der Waals surface area (Å²) in [6, 6.07) is 3.78. The average molecular weight is 369 g/mol. The molecule has 0 radical (unpaired) electrons. The Hall–Kier alpha value is -2.90. The molecule has 3 aromatic heterocycles. The van der Waals surface area contributed by atoms with Crippen molar-refractivity contribution in [1.29, 1.82) is 0 Å². The minimum absolute atomic E-state index is 0.0396. The molecule has 1 N–H and O–H groups in total. The van der Waals surface area contributed by atoms with Gasteiger partial charge in [0.05, 0.1) is 18.2 Å². The van der Waals surface area contributed by atoms with Crippen molar-refractivity contribution in [2.75, 3.05) is 18.0 Å². The summed E-state index contributed by atoms with van der Waals surface area (Å²) in [6.07, 6.45) is 1.78. The van der Waals surface area contributed by atoms with Crippen molar-refractivity contribution in [2.24, 2.45) is 5.92 Å². The number of nitrogens with one attached hydrogen (secondary N) is 1. The Balaban J connectivity index is 1.49. The second-order valence-electron chi connectivity index (χ2n) is 7.06. The standard InChI is InChI=1S/C19H23N5O3/c1-11-6-7-15(26-11)9-20-18(25)14-5-4-8-24(10-14)17-16-12(2)23-27-19(16)22-13(3)21-17/h6-7,14H,4-5,8-10H2,1-3H3,(H,20,25)/t14-/m1/s1. The fourth-order valence-corrected chi connectivity index (χ4v) is 3.58. The summed E-state index contributed by atoms with van der Waals surface area (Å²) in [5.41, 5.74) is 1.26. The molecule has 4 heterocycles. The summed E-state index contributed by atoms with van der Waals surface area (Å²) < 4.78 is 10.8. The molecule has 27 heavy (non-hydrogen) atoms. The molecule has 3 aromatic rings. The molecule has 8 nitrogen and oxygen atoms in total. The van der Waals surface area contributed by atoms with Crippen LogP contribution in [0, 0.1) is 26.7 Å². The van der Waals surface area contributed by atoms with Crippen molar-refractivity contribution in [3.05, 3.63) is 35.2 Å². The van der Waals surface area contributed by atoms with E-state index in [2.05, 4.69) is 25.3 Å². The minimum atomic E-state index is -0.0969. The highest BCUT2D eigenvalue weighted by molar-refractivity contribution is 5.88. The number of rotatable bonds is 4. The molecule has 0 saturated carbocycles. The number of fused-ring (bicyclic) bond motifs is 1. The van der Waals surface area contributed by atoms with Crippen LogP contribution in [0.2, 0.25) is 0 Å². The van der Waals surface area contributed by atoms with E-state index in [0.717, 1.165) is 47.8 Å². The summed E-state index contributed by atoms with van der Waals surface area (Å²) in [4.78, 5) is 23.7. The van der Waals surface area contributed by atoms with E-state index in [1.54, 1.807) is 0 Å². The number of anilines is 1. The van der Waals surface area contributed by atoms with Gasteiger partial charge in [-0.1, -0.05) is 5.16 Å². The lowest BCUT2D eigenvalue weighted by Crippen LogP contribution is -2.43. The SMILES string of the molecule is Cc1nc(N2CCC[C@@H](C(=O)NCc3ccc(C)o3)C2)c2c(C)noc2n1. The fourth-order valence-electron chi connectivity index (χ4n) is 3.58. The normalized spacial score (nSPS) is 17.4. The molecule has 4 rings (SSSR count). The van der Waals surface area contributed by atoms with Gasteiger partial charge >= 0.3 is 0 Å². The maximum Gasteiger partial charge on any atom is 0.263 e. The molecule has 1 atom stereocenters. The van der Waals surface area contributed by atoms with Gasteiger partial charge in [0.15, 0.2) is 0 Å². The second-order valence-corrected chi connectivity index (χ2v) is 7.06. The van der Waals surface area contributed by atoms with Gasteiger partial charge in [0, 0.05) is 13.1 Å². The summed E-state index contributed by atoms with van der Waals surface area (Å²) >= 11 is 0. The third kappa shape index (κ3) is 3.51. The lowest BCUT2D eigenvalue weighted by Gasteiger charge is -2.33. The Labute approximate surface area is 156 Å². The number of carbonyl (C=O) groups excluding carboxylic acids is 1. The molecule has 0 aliphatic carbocycles. The number of aryl methyl sites for hydroxylation is 3. The number of nitrogens with zero attached hydrogens (tertiary/aromatic N) is 4. The molecule has 142 valence electrons. The van der Waals surface area contributed by atoms with Crippen molar-refractivity contribution in [1.82, 2.24) is 20.4 Å². The fraction of sp³-hybridized carbons (Fsp3) is 0.474. The quantitative estimate of drug-likeness (QED) is 0.755. The van der Waals surface area contributed by atoms with Crippen molar-refractivity contribution in [3.8, 4) is 0 Å². The molecule has 0 spiro atoms. The van der Waals surface area contributed by atoms with E-state index in [9.17, 15) is 4.79 Å². The molecular weight excluding hydrogens is 346 g/mol. The van der Waals surface area contributed by atoms with Crippen LogP contribution in [0.4, 0.5) is 5.82 Å². The predicted molar refractivity (Wildman–Crippen MR) is 99.3 cm³/mol. The lowest BCUT2D eigenvalue weighted by atomic mass is 9.97. The zero-order chi connectivity index (χ0) is 19.0. The van der Waals surface area contributed by atoms with Crippen LogP contribution in [0.25, 0.3) is 11.1 Å². The molecule has 1 amide bonds. The third-order valence-corrected chi connectivity index (χ3v) is 4.92. The van der Waals surface area contributed by atoms with E-state index < -0.39 is 0 Å². The number of amides is 1. The van der Waals surface area contributed by atoms with Crippen LogP contribution in [0.3, 0.4) is 0 Å². The number of hydrogen-bond donors (Lipinski definition) is 1. The number of piperidine rings is 1. The van der Waals surface area contributed by atoms with Gasteiger partial charge in [-0.05, 0) is 45.7 Å². The predicted octanol–water partition coefficient (Wildman–Crippen LogP) is 2.67. The first kappa shape index (κ1) is 17.5. The molecule has 1 saturated heterocycles. The summed E-state index contributed by atoms with van der Waals surface area (Å²) in [7, 11) is 0. The number of hydrogen-bond acceptors (Lipinski definition) is 7. The highest BCUT2D eigenvalue weighted by Gasteiger charge is 2.29. The van der Waals surface area contributed by atoms with E-state index in [1.165, 1.54) is 0 Å². The third-order valence-electron chi connectivity index (χ3n) is 4.92. The van der Waals surface area contributed by atoms with Crippen LogP contribution in [-0.2, 0) is 11.3 Å². The zero-order valence-corrected chi connectivity index (χ0v) is 15.8. The first-order valence-electron chi connectivity index (χ1n) is 9.20. The van der Waals surface area contributed by atoms with Gasteiger partial charge in [0.25, 0.3) is 5.71 Å². The average Bonchev–Trinajstić information content (AvgIpc) is 3.25. The van der Waals surface area contributed by atoms with Crippen LogP contribution in [0.5, 0.6) is 0 Å². The van der Waals surface area contributed by atoms with Gasteiger partial charge in [-0.3, -0.25) is 4.79 Å². The van der Waals surface area contributed by atoms with E-state index in [-0.39, 0.29) is 11.8 Å². The topological polar surface area (TPSA) is 97.3 Å². The van der Waals surface area contributed by atoms with Crippen LogP contribution in [0.1, 0.15) is 35.9 Å². The van der Waals surface area contributed by atoms with Crippen LogP contribution < -0.4 is 10.2 Å². The summed E-state index contributed by atoms with van der Waals surface area (Å²) in [5.74, 6) is 2.99. The van der Waals surface area contributed by atoms with Gasteiger partial charge in [-0.25, -0.2) is 4.98 Å². The van der Waals surface area contributed by atoms with Gasteiger partial charge in [0.2, 0.25) is 5.91 Å². The summed E-state index contributed by atoms with van der Waals surface area (Å²) in [5, 5.41) is 7.83. The smallest absolute Gasteiger partial charge is 0.263 e.